The zero-order valence-corrected chi connectivity index (χ0v) is 13.2. The fourth-order valence-corrected chi connectivity index (χ4v) is 3.53. The largest absolute Gasteiger partial charge is 0.0588 e. The summed E-state index contributed by atoms with van der Waals surface area (Å²) in [5.41, 5.74) is 10.3. The highest BCUT2D eigenvalue weighted by Crippen LogP contribution is 2.44. The average molecular weight is 264 g/mol. The molecule has 0 heteroatoms. The summed E-state index contributed by atoms with van der Waals surface area (Å²) in [5.74, 6) is 1.27. The fraction of sp³-hybridized carbons (Fsp3) is 0.400. The summed E-state index contributed by atoms with van der Waals surface area (Å²) in [6.45, 7) is 11.3. The molecule has 0 nitrogen and oxygen atoms in total. The molecule has 3 rings (SSSR count). The van der Waals surface area contributed by atoms with Crippen molar-refractivity contribution in [1.82, 2.24) is 0 Å². The predicted octanol–water partition coefficient (Wildman–Crippen LogP) is 5.36. The van der Waals surface area contributed by atoms with Crippen molar-refractivity contribution in [2.45, 2.75) is 52.9 Å². The van der Waals surface area contributed by atoms with Crippen molar-refractivity contribution in [1.29, 1.82) is 0 Å². The second kappa shape index (κ2) is 4.77. The molecule has 2 aromatic rings. The smallest absolute Gasteiger partial charge is 0.00550 e. The third-order valence-corrected chi connectivity index (χ3v) is 5.25. The van der Waals surface area contributed by atoms with Crippen LogP contribution in [-0.4, -0.2) is 0 Å². The van der Waals surface area contributed by atoms with E-state index in [-0.39, 0.29) is 0 Å². The van der Waals surface area contributed by atoms with Gasteiger partial charge in [0.1, 0.15) is 0 Å². The van der Waals surface area contributed by atoms with Crippen LogP contribution in [0, 0.1) is 27.7 Å². The molecule has 0 bridgehead atoms. The molecule has 0 saturated heterocycles. The Balaban J connectivity index is 2.00. The summed E-state index contributed by atoms with van der Waals surface area (Å²) in [4.78, 5) is 0. The Morgan fingerprint density at radius 3 is 2.15 bits per heavy atom. The molecule has 0 aliphatic heterocycles. The van der Waals surface area contributed by atoms with E-state index in [2.05, 4.69) is 65.0 Å². The van der Waals surface area contributed by atoms with Crippen LogP contribution in [-0.2, 0) is 6.42 Å². The van der Waals surface area contributed by atoms with Gasteiger partial charge in [0.15, 0.2) is 0 Å². The van der Waals surface area contributed by atoms with E-state index in [0.29, 0.717) is 11.8 Å². The first-order valence-corrected chi connectivity index (χ1v) is 7.64. The van der Waals surface area contributed by atoms with E-state index in [4.69, 9.17) is 0 Å². The van der Waals surface area contributed by atoms with E-state index >= 15 is 0 Å². The Labute approximate surface area is 122 Å². The van der Waals surface area contributed by atoms with Gasteiger partial charge in [-0.05, 0) is 84.9 Å². The maximum Gasteiger partial charge on any atom is -0.00550 e. The number of hydrogen-bond acceptors (Lipinski definition) is 0. The minimum absolute atomic E-state index is 0.631. The standard InChI is InChI=1S/C20H24/c1-12-6-7-17(8-13(12)2)20-11-18-9-14(3)15(4)10-19(18)16(20)5/h6-10,16,20H,11H2,1-5H3. The molecule has 2 unspecified atom stereocenters. The number of rotatable bonds is 1. The maximum atomic E-state index is 2.41. The molecule has 1 aliphatic carbocycles. The lowest BCUT2D eigenvalue weighted by molar-refractivity contribution is 0.625. The lowest BCUT2D eigenvalue weighted by atomic mass is 9.86. The summed E-state index contributed by atoms with van der Waals surface area (Å²) in [7, 11) is 0. The molecule has 0 spiro atoms. The minimum atomic E-state index is 0.631. The molecule has 104 valence electrons. The van der Waals surface area contributed by atoms with Gasteiger partial charge in [0.25, 0.3) is 0 Å². The molecular weight excluding hydrogens is 240 g/mol. The first kappa shape index (κ1) is 13.4. The molecule has 0 heterocycles. The van der Waals surface area contributed by atoms with E-state index in [1.54, 1.807) is 11.1 Å². The number of aryl methyl sites for hydroxylation is 4. The van der Waals surface area contributed by atoms with Crippen LogP contribution >= 0.6 is 0 Å². The molecule has 0 amide bonds. The molecule has 2 atom stereocenters. The summed E-state index contributed by atoms with van der Waals surface area (Å²) in [5, 5.41) is 0. The summed E-state index contributed by atoms with van der Waals surface area (Å²) in [6, 6.07) is 11.8. The molecule has 0 aromatic heterocycles. The Morgan fingerprint density at radius 1 is 0.800 bits per heavy atom. The SMILES string of the molecule is Cc1ccc(C2Cc3cc(C)c(C)cc3C2C)cc1C. The summed E-state index contributed by atoms with van der Waals surface area (Å²) < 4.78 is 0. The van der Waals surface area contributed by atoms with Gasteiger partial charge < -0.3 is 0 Å². The first-order valence-electron chi connectivity index (χ1n) is 7.64. The highest BCUT2D eigenvalue weighted by atomic mass is 14.3. The molecule has 0 fully saturated rings. The molecular formula is C20H24. The zero-order chi connectivity index (χ0) is 14.4. The van der Waals surface area contributed by atoms with Crippen molar-refractivity contribution in [2.24, 2.45) is 0 Å². The first-order chi connectivity index (χ1) is 9.47. The zero-order valence-electron chi connectivity index (χ0n) is 13.2. The van der Waals surface area contributed by atoms with Crippen LogP contribution in [0.1, 0.15) is 57.7 Å². The second-order valence-corrected chi connectivity index (χ2v) is 6.58. The van der Waals surface area contributed by atoms with Crippen molar-refractivity contribution in [3.8, 4) is 0 Å². The van der Waals surface area contributed by atoms with Gasteiger partial charge in [-0.25, -0.2) is 0 Å². The van der Waals surface area contributed by atoms with Crippen molar-refractivity contribution in [2.75, 3.05) is 0 Å². The lowest BCUT2D eigenvalue weighted by Gasteiger charge is -2.18. The topological polar surface area (TPSA) is 0 Å². The average Bonchev–Trinajstić information content (AvgIpc) is 2.71. The van der Waals surface area contributed by atoms with Crippen LogP contribution in [0.4, 0.5) is 0 Å². The van der Waals surface area contributed by atoms with Gasteiger partial charge in [0.05, 0.1) is 0 Å². The Kier molecular flexibility index (Phi) is 3.20. The van der Waals surface area contributed by atoms with Crippen molar-refractivity contribution < 1.29 is 0 Å². The molecule has 20 heavy (non-hydrogen) atoms. The second-order valence-electron chi connectivity index (χ2n) is 6.58. The van der Waals surface area contributed by atoms with E-state index in [0.717, 1.165) is 0 Å². The highest BCUT2D eigenvalue weighted by Gasteiger charge is 2.30. The van der Waals surface area contributed by atoms with Crippen LogP contribution in [0.5, 0.6) is 0 Å². The molecule has 0 radical (unpaired) electrons. The summed E-state index contributed by atoms with van der Waals surface area (Å²) >= 11 is 0. The van der Waals surface area contributed by atoms with Crippen LogP contribution in [0.15, 0.2) is 30.3 Å². The van der Waals surface area contributed by atoms with Gasteiger partial charge in [-0.2, -0.15) is 0 Å². The Morgan fingerprint density at radius 2 is 1.45 bits per heavy atom. The van der Waals surface area contributed by atoms with Crippen LogP contribution in [0.3, 0.4) is 0 Å². The van der Waals surface area contributed by atoms with Gasteiger partial charge in [-0.15, -0.1) is 0 Å². The van der Waals surface area contributed by atoms with Crippen molar-refractivity contribution in [3.63, 3.8) is 0 Å². The van der Waals surface area contributed by atoms with Gasteiger partial charge in [-0.3, -0.25) is 0 Å². The Bertz CT molecular complexity index is 664. The fourth-order valence-electron chi connectivity index (χ4n) is 3.53. The third kappa shape index (κ3) is 2.08. The highest BCUT2D eigenvalue weighted by molar-refractivity contribution is 5.47. The van der Waals surface area contributed by atoms with Crippen molar-refractivity contribution in [3.05, 3.63) is 69.3 Å². The van der Waals surface area contributed by atoms with Gasteiger partial charge in [0, 0.05) is 0 Å². The van der Waals surface area contributed by atoms with E-state index in [1.807, 2.05) is 0 Å². The Hall–Kier alpha value is -1.56. The normalized spacial score (nSPS) is 21.1. The summed E-state index contributed by atoms with van der Waals surface area (Å²) in [6.07, 6.45) is 1.19. The minimum Gasteiger partial charge on any atom is -0.0588 e. The third-order valence-electron chi connectivity index (χ3n) is 5.25. The number of fused-ring (bicyclic) bond motifs is 1. The van der Waals surface area contributed by atoms with Crippen molar-refractivity contribution >= 4 is 0 Å². The quantitative estimate of drug-likeness (QED) is 0.650. The van der Waals surface area contributed by atoms with E-state index < -0.39 is 0 Å². The molecule has 1 aliphatic rings. The predicted molar refractivity (Wildman–Crippen MR) is 86.7 cm³/mol. The van der Waals surface area contributed by atoms with E-state index in [1.165, 1.54) is 34.2 Å². The monoisotopic (exact) mass is 264 g/mol. The number of benzene rings is 2. The van der Waals surface area contributed by atoms with Gasteiger partial charge in [0.2, 0.25) is 0 Å². The van der Waals surface area contributed by atoms with E-state index in [9.17, 15) is 0 Å². The van der Waals surface area contributed by atoms with Gasteiger partial charge >= 0.3 is 0 Å². The molecule has 0 saturated carbocycles. The number of hydrogen-bond donors (Lipinski definition) is 0. The van der Waals surface area contributed by atoms with Gasteiger partial charge in [-0.1, -0.05) is 37.3 Å². The van der Waals surface area contributed by atoms with Crippen LogP contribution in [0.25, 0.3) is 0 Å². The molecule has 2 aromatic carbocycles. The molecule has 0 N–H and O–H groups in total. The maximum absolute atomic E-state index is 2.41. The van der Waals surface area contributed by atoms with Crippen LogP contribution in [0.2, 0.25) is 0 Å². The lowest BCUT2D eigenvalue weighted by Crippen LogP contribution is -2.03. The van der Waals surface area contributed by atoms with Crippen LogP contribution < -0.4 is 0 Å².